The van der Waals surface area contributed by atoms with Crippen molar-refractivity contribution >= 4 is 11.5 Å². The molecule has 2 heterocycles. The van der Waals surface area contributed by atoms with Crippen LogP contribution in [0.15, 0.2) is 47.7 Å². The Kier molecular flexibility index (Phi) is 4.71. The van der Waals surface area contributed by atoms with Crippen LogP contribution in [0.25, 0.3) is 5.65 Å². The molecule has 0 radical (unpaired) electrons. The third-order valence-corrected chi connectivity index (χ3v) is 5.22. The minimum absolute atomic E-state index is 0.270. The second kappa shape index (κ2) is 7.09. The van der Waals surface area contributed by atoms with Gasteiger partial charge in [-0.1, -0.05) is 18.2 Å². The molecule has 0 saturated heterocycles. The number of amidine groups is 1. The lowest BCUT2D eigenvalue weighted by Crippen LogP contribution is -2.36. The van der Waals surface area contributed by atoms with Gasteiger partial charge in [-0.2, -0.15) is 5.10 Å². The van der Waals surface area contributed by atoms with Crippen LogP contribution in [0.5, 0.6) is 0 Å². The highest BCUT2D eigenvalue weighted by molar-refractivity contribution is 5.93. The van der Waals surface area contributed by atoms with Gasteiger partial charge in [0.25, 0.3) is 0 Å². The molecule has 0 spiro atoms. The molecule has 5 N–H and O–H groups in total. The molecule has 1 aromatic carbocycles. The van der Waals surface area contributed by atoms with E-state index in [9.17, 15) is 9.50 Å². The molecule has 1 aliphatic rings. The number of rotatable bonds is 7. The maximum absolute atomic E-state index is 13.0. The number of nitrogens with zero attached hydrogens (tertiary/aromatic N) is 4. The monoisotopic (exact) mass is 397 g/mol. The lowest BCUT2D eigenvalue weighted by atomic mass is 9.99. The van der Waals surface area contributed by atoms with Gasteiger partial charge in [0.2, 0.25) is 0 Å². The van der Waals surface area contributed by atoms with Crippen LogP contribution in [0.2, 0.25) is 0 Å². The summed E-state index contributed by atoms with van der Waals surface area (Å²) in [5.41, 5.74) is 12.7. The van der Waals surface area contributed by atoms with Crippen LogP contribution in [-0.2, 0) is 17.6 Å². The highest BCUT2D eigenvalue weighted by atomic mass is 19.1. The Labute approximate surface area is 167 Å². The zero-order chi connectivity index (χ0) is 20.6. The number of pyridine rings is 1. The molecule has 0 bridgehead atoms. The lowest BCUT2D eigenvalue weighted by molar-refractivity contribution is 0.0796. The fourth-order valence-corrected chi connectivity index (χ4v) is 3.39. The van der Waals surface area contributed by atoms with Gasteiger partial charge in [-0.3, -0.25) is 4.40 Å². The molecular weight excluding hydrogens is 373 g/mol. The quantitative estimate of drug-likeness (QED) is 0.209. The second-order valence-electron chi connectivity index (χ2n) is 7.87. The Bertz CT molecular complexity index is 1050. The largest absolute Gasteiger partial charge is 0.386 e. The smallest absolute Gasteiger partial charge is 0.166 e. The summed E-state index contributed by atoms with van der Waals surface area (Å²) in [6.45, 7) is 3.90. The first kappa shape index (κ1) is 19.3. The van der Waals surface area contributed by atoms with Gasteiger partial charge < -0.3 is 10.8 Å². The summed E-state index contributed by atoms with van der Waals surface area (Å²) in [5, 5.41) is 23.3. The molecule has 0 atom stereocenters. The summed E-state index contributed by atoms with van der Waals surface area (Å²) < 4.78 is 14.8. The molecule has 152 valence electrons. The van der Waals surface area contributed by atoms with E-state index in [0.29, 0.717) is 29.4 Å². The van der Waals surface area contributed by atoms with E-state index in [1.165, 1.54) is 12.1 Å². The van der Waals surface area contributed by atoms with E-state index >= 15 is 0 Å². The molecule has 9 heteroatoms. The van der Waals surface area contributed by atoms with Crippen molar-refractivity contribution in [2.75, 3.05) is 0 Å². The molecular formula is C20H24FN7O. The second-order valence-corrected chi connectivity index (χ2v) is 7.87. The first-order chi connectivity index (χ1) is 13.8. The van der Waals surface area contributed by atoms with E-state index in [-0.39, 0.29) is 5.82 Å². The van der Waals surface area contributed by atoms with E-state index in [4.69, 9.17) is 5.73 Å². The fraction of sp³-hybridized carbons (Fsp3) is 0.350. The first-order valence-corrected chi connectivity index (χ1v) is 9.44. The minimum atomic E-state index is -1.03. The number of hydrogen-bond donors (Lipinski definition) is 4. The summed E-state index contributed by atoms with van der Waals surface area (Å²) in [7, 11) is 0. The third-order valence-electron chi connectivity index (χ3n) is 5.22. The first-order valence-electron chi connectivity index (χ1n) is 9.44. The minimum Gasteiger partial charge on any atom is -0.386 e. The van der Waals surface area contributed by atoms with Gasteiger partial charge in [0.05, 0.1) is 11.0 Å². The van der Waals surface area contributed by atoms with Crippen LogP contribution >= 0.6 is 0 Å². The van der Waals surface area contributed by atoms with Gasteiger partial charge >= 0.3 is 0 Å². The molecule has 1 fully saturated rings. The molecule has 1 saturated carbocycles. The summed E-state index contributed by atoms with van der Waals surface area (Å²) >= 11 is 0. The lowest BCUT2D eigenvalue weighted by Gasteiger charge is -2.18. The maximum Gasteiger partial charge on any atom is 0.166 e. The number of benzene rings is 1. The Hall–Kier alpha value is -3.04. The van der Waals surface area contributed by atoms with Crippen molar-refractivity contribution in [2.45, 2.75) is 44.2 Å². The van der Waals surface area contributed by atoms with Crippen LogP contribution in [0.3, 0.4) is 0 Å². The number of fused-ring (bicyclic) bond motifs is 1. The van der Waals surface area contributed by atoms with Gasteiger partial charge in [-0.15, -0.1) is 10.2 Å². The molecule has 0 amide bonds. The van der Waals surface area contributed by atoms with E-state index < -0.39 is 11.0 Å². The highest BCUT2D eigenvalue weighted by Gasteiger charge is 2.52. The van der Waals surface area contributed by atoms with Crippen molar-refractivity contribution in [2.24, 2.45) is 10.8 Å². The zero-order valence-corrected chi connectivity index (χ0v) is 16.4. The number of aromatic nitrogens is 3. The molecule has 4 rings (SSSR count). The van der Waals surface area contributed by atoms with Crippen molar-refractivity contribution in [3.8, 4) is 0 Å². The Balaban J connectivity index is 1.51. The highest BCUT2D eigenvalue weighted by Crippen LogP contribution is 2.47. The van der Waals surface area contributed by atoms with Crippen molar-refractivity contribution in [1.29, 1.82) is 0 Å². The number of hydrazine groups is 1. The van der Waals surface area contributed by atoms with Crippen molar-refractivity contribution in [3.05, 3.63) is 65.4 Å². The molecule has 0 unspecified atom stereocenters. The Morgan fingerprint density at radius 3 is 2.66 bits per heavy atom. The van der Waals surface area contributed by atoms with E-state index in [1.807, 2.05) is 22.7 Å². The Morgan fingerprint density at radius 1 is 1.28 bits per heavy atom. The number of hydrazone groups is 1. The van der Waals surface area contributed by atoms with Crippen LogP contribution in [0.1, 0.15) is 43.6 Å². The van der Waals surface area contributed by atoms with Crippen LogP contribution in [0.4, 0.5) is 4.39 Å². The molecule has 2 aromatic heterocycles. The summed E-state index contributed by atoms with van der Waals surface area (Å²) in [5.74, 6) is 0.847. The fourth-order valence-electron chi connectivity index (χ4n) is 3.39. The number of hydrogen-bond acceptors (Lipinski definition) is 6. The molecule has 0 aliphatic heterocycles. The summed E-state index contributed by atoms with van der Waals surface area (Å²) in [6.07, 6.45) is 3.50. The van der Waals surface area contributed by atoms with E-state index in [0.717, 1.165) is 18.4 Å². The predicted molar refractivity (Wildman–Crippen MR) is 107 cm³/mol. The van der Waals surface area contributed by atoms with Crippen molar-refractivity contribution < 1.29 is 9.50 Å². The molecule has 1 aliphatic carbocycles. The van der Waals surface area contributed by atoms with Gasteiger partial charge in [-0.05, 0) is 50.5 Å². The van der Waals surface area contributed by atoms with Crippen molar-refractivity contribution in [1.82, 2.24) is 25.6 Å². The molecule has 29 heavy (non-hydrogen) atoms. The van der Waals surface area contributed by atoms with Crippen molar-refractivity contribution in [3.63, 3.8) is 0 Å². The topological polar surface area (TPSA) is 113 Å². The standard InChI is InChI=1S/C20H24FN7O/c1-19(2,29)15-4-3-11-28-16(15)24-26-18(28)20(9-10-20)17(22)25-27-23-12-13-5-7-14(21)8-6-13/h3-8,11,23,27,29H,9-10,12H2,1-2H3,(H2,22,25). The van der Waals surface area contributed by atoms with E-state index in [1.54, 1.807) is 26.0 Å². The average molecular weight is 397 g/mol. The van der Waals surface area contributed by atoms with Gasteiger partial charge in [0.1, 0.15) is 11.7 Å². The number of nitrogens with one attached hydrogen (secondary N) is 2. The van der Waals surface area contributed by atoms with Gasteiger partial charge in [0, 0.05) is 18.3 Å². The van der Waals surface area contributed by atoms with Gasteiger partial charge in [-0.25, -0.2) is 15.4 Å². The number of halogens is 1. The SMILES string of the molecule is CC(C)(O)c1cccn2c(C3(C(N)=NNNCc4ccc(F)cc4)CC3)nnc12. The normalized spacial score (nSPS) is 16.2. The Morgan fingerprint density at radius 2 is 2.00 bits per heavy atom. The number of aliphatic hydroxyl groups is 1. The maximum atomic E-state index is 13.0. The average Bonchev–Trinajstić information content (AvgIpc) is 3.38. The summed E-state index contributed by atoms with van der Waals surface area (Å²) in [4.78, 5) is 0. The molecule has 8 nitrogen and oxygen atoms in total. The van der Waals surface area contributed by atoms with Crippen LogP contribution in [-0.4, -0.2) is 25.5 Å². The third kappa shape index (κ3) is 3.66. The number of nitrogens with two attached hydrogens (primary N) is 1. The van der Waals surface area contributed by atoms with Gasteiger partial charge in [0.15, 0.2) is 11.5 Å². The molecule has 3 aromatic rings. The van der Waals surface area contributed by atoms with E-state index in [2.05, 4.69) is 26.3 Å². The zero-order valence-electron chi connectivity index (χ0n) is 16.4. The predicted octanol–water partition coefficient (Wildman–Crippen LogP) is 1.69. The van der Waals surface area contributed by atoms with Crippen LogP contribution < -0.4 is 16.7 Å². The van der Waals surface area contributed by atoms with Crippen LogP contribution in [0, 0.1) is 5.82 Å². The summed E-state index contributed by atoms with van der Waals surface area (Å²) in [6, 6.07) is 9.91.